The van der Waals surface area contributed by atoms with Gasteiger partial charge >= 0.3 is 17.8 Å². The lowest BCUT2D eigenvalue weighted by Crippen LogP contribution is -2.59. The van der Waals surface area contributed by atoms with Gasteiger partial charge in [0.05, 0.1) is 18.7 Å². The van der Waals surface area contributed by atoms with Gasteiger partial charge in [0, 0.05) is 6.42 Å². The summed E-state index contributed by atoms with van der Waals surface area (Å²) in [4.78, 5) is 11.1. The molecule has 0 saturated heterocycles. The number of carboxylic acid groups (broad SMARTS) is 1. The third kappa shape index (κ3) is 1.75. The van der Waals surface area contributed by atoms with Crippen molar-refractivity contribution in [2.24, 2.45) is 5.92 Å². The Hall–Kier alpha value is -1.67. The van der Waals surface area contributed by atoms with Crippen LogP contribution in [0.15, 0.2) is 6.20 Å². The zero-order chi connectivity index (χ0) is 12.8. The molecule has 0 bridgehead atoms. The maximum Gasteiger partial charge on any atom is 0.358 e. The number of aromatic carboxylic acids is 1. The third-order valence-corrected chi connectivity index (χ3v) is 2.64. The molecular weight excluding hydrogens is 246 g/mol. The lowest BCUT2D eigenvalue weighted by atomic mass is 9.77. The van der Waals surface area contributed by atoms with Gasteiger partial charge in [-0.1, -0.05) is 0 Å². The molecule has 1 fully saturated rings. The Bertz CT molecular complexity index is 459. The molecule has 0 aromatic carbocycles. The molecule has 1 atom stereocenters. The van der Waals surface area contributed by atoms with E-state index in [-0.39, 0.29) is 0 Å². The van der Waals surface area contributed by atoms with Crippen molar-refractivity contribution in [1.82, 2.24) is 15.0 Å². The Morgan fingerprint density at radius 3 is 2.59 bits per heavy atom. The Labute approximate surface area is 92.0 Å². The van der Waals surface area contributed by atoms with E-state index >= 15 is 0 Å². The van der Waals surface area contributed by atoms with Crippen LogP contribution in [0.3, 0.4) is 0 Å². The van der Waals surface area contributed by atoms with Crippen molar-refractivity contribution < 1.29 is 27.5 Å². The van der Waals surface area contributed by atoms with Gasteiger partial charge in [-0.2, -0.15) is 27.5 Å². The molecule has 1 aromatic heterocycles. The van der Waals surface area contributed by atoms with Crippen molar-refractivity contribution in [2.45, 2.75) is 24.8 Å². The second-order valence-electron chi connectivity index (χ2n) is 3.82. The monoisotopic (exact) mass is 253 g/mol. The summed E-state index contributed by atoms with van der Waals surface area (Å²) in [7, 11) is 0. The van der Waals surface area contributed by atoms with Gasteiger partial charge in [-0.25, -0.2) is 4.79 Å². The quantitative estimate of drug-likeness (QED) is 0.823. The summed E-state index contributed by atoms with van der Waals surface area (Å²) in [5, 5.41) is 15.3. The molecule has 1 N–H and O–H groups in total. The summed E-state index contributed by atoms with van der Waals surface area (Å²) in [5.74, 6) is -11.0. The number of aromatic nitrogens is 3. The minimum Gasteiger partial charge on any atom is -0.476 e. The standard InChI is InChI=1S/C8H7F4N3O2/c9-7(10)1-4(8(7,11)12)3-15-13-2-5(14-15)6(16)17/h2,4H,1,3H2,(H,16,17). The minimum atomic E-state index is -4.09. The molecule has 0 amide bonds. The Morgan fingerprint density at radius 2 is 2.18 bits per heavy atom. The maximum absolute atomic E-state index is 12.9. The van der Waals surface area contributed by atoms with Gasteiger partial charge < -0.3 is 5.11 Å². The van der Waals surface area contributed by atoms with Crippen LogP contribution in [0.5, 0.6) is 0 Å². The highest BCUT2D eigenvalue weighted by atomic mass is 19.3. The molecule has 1 aliphatic rings. The number of carboxylic acids is 1. The minimum absolute atomic E-state index is 0.417. The first-order valence-electron chi connectivity index (χ1n) is 4.63. The van der Waals surface area contributed by atoms with E-state index in [1.54, 1.807) is 0 Å². The van der Waals surface area contributed by atoms with Crippen LogP contribution in [-0.2, 0) is 6.54 Å². The van der Waals surface area contributed by atoms with Crippen LogP contribution in [0, 0.1) is 5.92 Å². The van der Waals surface area contributed by atoms with E-state index < -0.39 is 42.4 Å². The summed E-state index contributed by atoms with van der Waals surface area (Å²) >= 11 is 0. The average Bonchev–Trinajstić information content (AvgIpc) is 2.65. The normalized spacial score (nSPS) is 25.3. The molecule has 17 heavy (non-hydrogen) atoms. The first kappa shape index (κ1) is 11.8. The number of rotatable bonds is 3. The smallest absolute Gasteiger partial charge is 0.358 e. The average molecular weight is 253 g/mol. The predicted octanol–water partition coefficient (Wildman–Crippen LogP) is 1.27. The van der Waals surface area contributed by atoms with Gasteiger partial charge in [0.1, 0.15) is 0 Å². The zero-order valence-electron chi connectivity index (χ0n) is 8.28. The van der Waals surface area contributed by atoms with Crippen molar-refractivity contribution in [3.63, 3.8) is 0 Å². The van der Waals surface area contributed by atoms with Gasteiger partial charge in [-0.05, 0) is 0 Å². The molecule has 0 spiro atoms. The molecule has 9 heteroatoms. The number of carbonyl (C=O) groups is 1. The van der Waals surface area contributed by atoms with Crippen molar-refractivity contribution in [1.29, 1.82) is 0 Å². The number of hydrogen-bond donors (Lipinski definition) is 1. The highest BCUT2D eigenvalue weighted by Crippen LogP contribution is 2.55. The van der Waals surface area contributed by atoms with Crippen molar-refractivity contribution in [3.8, 4) is 0 Å². The van der Waals surface area contributed by atoms with Crippen LogP contribution in [0.1, 0.15) is 16.9 Å². The van der Waals surface area contributed by atoms with Crippen LogP contribution >= 0.6 is 0 Å². The molecule has 94 valence electrons. The van der Waals surface area contributed by atoms with E-state index in [2.05, 4.69) is 10.2 Å². The first-order chi connectivity index (χ1) is 7.74. The molecule has 1 heterocycles. The largest absolute Gasteiger partial charge is 0.476 e. The van der Waals surface area contributed by atoms with Gasteiger partial charge in [-0.3, -0.25) is 0 Å². The molecule has 1 aromatic rings. The van der Waals surface area contributed by atoms with Gasteiger partial charge in [0.2, 0.25) is 0 Å². The van der Waals surface area contributed by atoms with Crippen LogP contribution in [0.2, 0.25) is 0 Å². The highest BCUT2D eigenvalue weighted by Gasteiger charge is 2.71. The van der Waals surface area contributed by atoms with Crippen LogP contribution < -0.4 is 0 Å². The number of nitrogens with zero attached hydrogens (tertiary/aromatic N) is 3. The summed E-state index contributed by atoms with van der Waals surface area (Å²) < 4.78 is 50.8. The molecule has 5 nitrogen and oxygen atoms in total. The Kier molecular flexibility index (Phi) is 2.37. The Balaban J connectivity index is 2.06. The van der Waals surface area contributed by atoms with Crippen LogP contribution in [-0.4, -0.2) is 37.9 Å². The number of hydrogen-bond acceptors (Lipinski definition) is 3. The van der Waals surface area contributed by atoms with E-state index in [0.717, 1.165) is 6.20 Å². The Morgan fingerprint density at radius 1 is 1.53 bits per heavy atom. The first-order valence-corrected chi connectivity index (χ1v) is 4.63. The van der Waals surface area contributed by atoms with Gasteiger partial charge in [-0.15, -0.1) is 5.10 Å². The lowest BCUT2D eigenvalue weighted by Gasteiger charge is -2.43. The topological polar surface area (TPSA) is 68.0 Å². The molecule has 2 rings (SSSR count). The van der Waals surface area contributed by atoms with Crippen LogP contribution in [0.4, 0.5) is 17.6 Å². The fourth-order valence-electron chi connectivity index (χ4n) is 1.60. The van der Waals surface area contributed by atoms with E-state index in [9.17, 15) is 22.4 Å². The number of alkyl halides is 4. The summed E-state index contributed by atoms with van der Waals surface area (Å²) in [6.07, 6.45) is -0.0821. The second-order valence-corrected chi connectivity index (χ2v) is 3.82. The van der Waals surface area contributed by atoms with Gasteiger partial charge in [0.25, 0.3) is 0 Å². The highest BCUT2D eigenvalue weighted by molar-refractivity contribution is 5.84. The molecule has 0 radical (unpaired) electrons. The zero-order valence-corrected chi connectivity index (χ0v) is 8.28. The second kappa shape index (κ2) is 3.41. The third-order valence-electron chi connectivity index (χ3n) is 2.64. The molecule has 1 aliphatic carbocycles. The summed E-state index contributed by atoms with van der Waals surface area (Å²) in [6.45, 7) is -0.532. The predicted molar refractivity (Wildman–Crippen MR) is 45.0 cm³/mol. The van der Waals surface area contributed by atoms with E-state index in [1.165, 1.54) is 0 Å². The van der Waals surface area contributed by atoms with E-state index in [0.29, 0.717) is 4.80 Å². The van der Waals surface area contributed by atoms with Crippen molar-refractivity contribution >= 4 is 5.97 Å². The number of halogens is 4. The fourth-order valence-corrected chi connectivity index (χ4v) is 1.60. The SMILES string of the molecule is O=C(O)c1cnn(CC2CC(F)(F)C2(F)F)n1. The van der Waals surface area contributed by atoms with Gasteiger partial charge in [0.15, 0.2) is 5.69 Å². The molecule has 0 aliphatic heterocycles. The summed E-state index contributed by atoms with van der Waals surface area (Å²) in [6, 6.07) is 0. The summed E-state index contributed by atoms with van der Waals surface area (Å²) in [5.41, 5.74) is -0.417. The molecular formula is C8H7F4N3O2. The van der Waals surface area contributed by atoms with E-state index in [1.807, 2.05) is 0 Å². The van der Waals surface area contributed by atoms with Crippen molar-refractivity contribution in [2.75, 3.05) is 0 Å². The lowest BCUT2D eigenvalue weighted by molar-refractivity contribution is -0.316. The fraction of sp³-hybridized carbons (Fsp3) is 0.625. The maximum atomic E-state index is 12.9. The molecule has 1 unspecified atom stereocenters. The molecule has 1 saturated carbocycles. The van der Waals surface area contributed by atoms with Crippen LogP contribution in [0.25, 0.3) is 0 Å². The van der Waals surface area contributed by atoms with E-state index in [4.69, 9.17) is 5.11 Å². The van der Waals surface area contributed by atoms with Crippen molar-refractivity contribution in [3.05, 3.63) is 11.9 Å².